The van der Waals surface area contributed by atoms with Gasteiger partial charge in [-0.05, 0) is 13.0 Å². The second-order valence-corrected chi connectivity index (χ2v) is 2.25. The maximum Gasteiger partial charge on any atom is 0.0974 e. The molecule has 0 aliphatic carbocycles. The summed E-state index contributed by atoms with van der Waals surface area (Å²) in [5.74, 6) is 0. The summed E-state index contributed by atoms with van der Waals surface area (Å²) in [6.07, 6.45) is 5.35. The van der Waals surface area contributed by atoms with Crippen molar-refractivity contribution in [3.63, 3.8) is 0 Å². The molecule has 0 radical (unpaired) electrons. The fourth-order valence-corrected chi connectivity index (χ4v) is 0.701. The van der Waals surface area contributed by atoms with Crippen molar-refractivity contribution in [2.24, 2.45) is 5.73 Å². The Morgan fingerprint density at radius 2 is 2.60 bits per heavy atom. The van der Waals surface area contributed by atoms with Gasteiger partial charge in [0, 0.05) is 12.1 Å². The third-order valence-electron chi connectivity index (χ3n) is 1.28. The SMILES string of the molecule is CC(=Cc1ccoc1)CN. The zero-order valence-electron chi connectivity index (χ0n) is 6.00. The van der Waals surface area contributed by atoms with Gasteiger partial charge in [-0.3, -0.25) is 0 Å². The van der Waals surface area contributed by atoms with E-state index >= 15 is 0 Å². The van der Waals surface area contributed by atoms with E-state index < -0.39 is 0 Å². The van der Waals surface area contributed by atoms with E-state index in [2.05, 4.69) is 0 Å². The molecule has 0 spiro atoms. The Bertz CT molecular complexity index is 211. The van der Waals surface area contributed by atoms with Crippen LogP contribution in [0.25, 0.3) is 6.08 Å². The van der Waals surface area contributed by atoms with Gasteiger partial charge in [-0.25, -0.2) is 0 Å². The molecule has 1 rings (SSSR count). The van der Waals surface area contributed by atoms with Gasteiger partial charge in [-0.2, -0.15) is 0 Å². The smallest absolute Gasteiger partial charge is 0.0974 e. The first-order valence-electron chi connectivity index (χ1n) is 3.22. The van der Waals surface area contributed by atoms with E-state index in [4.69, 9.17) is 10.2 Å². The van der Waals surface area contributed by atoms with Crippen LogP contribution in [0, 0.1) is 0 Å². The van der Waals surface area contributed by atoms with Gasteiger partial charge in [-0.1, -0.05) is 11.6 Å². The highest BCUT2D eigenvalue weighted by atomic mass is 16.3. The number of nitrogens with two attached hydrogens (primary N) is 1. The first kappa shape index (κ1) is 7.09. The Labute approximate surface area is 60.3 Å². The van der Waals surface area contributed by atoms with Crippen LogP contribution in [-0.2, 0) is 0 Å². The summed E-state index contributed by atoms with van der Waals surface area (Å²) in [6, 6.07) is 1.90. The summed E-state index contributed by atoms with van der Waals surface area (Å²) in [4.78, 5) is 0. The van der Waals surface area contributed by atoms with Crippen molar-refractivity contribution in [3.8, 4) is 0 Å². The second-order valence-electron chi connectivity index (χ2n) is 2.25. The summed E-state index contributed by atoms with van der Waals surface area (Å²) in [6.45, 7) is 2.60. The molecule has 1 aromatic rings. The average Bonchev–Trinajstić information content (AvgIpc) is 2.40. The van der Waals surface area contributed by atoms with Gasteiger partial charge in [-0.15, -0.1) is 0 Å². The van der Waals surface area contributed by atoms with E-state index in [0.717, 1.165) is 11.1 Å². The fourth-order valence-electron chi connectivity index (χ4n) is 0.701. The van der Waals surface area contributed by atoms with Crippen LogP contribution in [-0.4, -0.2) is 6.54 Å². The van der Waals surface area contributed by atoms with E-state index in [1.807, 2.05) is 19.1 Å². The first-order valence-corrected chi connectivity index (χ1v) is 3.22. The van der Waals surface area contributed by atoms with Gasteiger partial charge in [0.15, 0.2) is 0 Å². The van der Waals surface area contributed by atoms with E-state index in [-0.39, 0.29) is 0 Å². The van der Waals surface area contributed by atoms with Crippen LogP contribution < -0.4 is 5.73 Å². The van der Waals surface area contributed by atoms with Crippen molar-refractivity contribution >= 4 is 6.08 Å². The first-order chi connectivity index (χ1) is 4.83. The standard InChI is InChI=1S/C8H11NO/c1-7(5-9)4-8-2-3-10-6-8/h2-4,6H,5,9H2,1H3. The van der Waals surface area contributed by atoms with Crippen molar-refractivity contribution in [2.45, 2.75) is 6.92 Å². The Morgan fingerprint density at radius 3 is 3.10 bits per heavy atom. The van der Waals surface area contributed by atoms with Crippen molar-refractivity contribution in [3.05, 3.63) is 29.7 Å². The van der Waals surface area contributed by atoms with Gasteiger partial charge >= 0.3 is 0 Å². The highest BCUT2D eigenvalue weighted by Gasteiger charge is 1.88. The third-order valence-corrected chi connectivity index (χ3v) is 1.28. The summed E-state index contributed by atoms with van der Waals surface area (Å²) in [5, 5.41) is 0. The molecule has 2 heteroatoms. The Morgan fingerprint density at radius 1 is 1.80 bits per heavy atom. The van der Waals surface area contributed by atoms with Gasteiger partial charge in [0.05, 0.1) is 12.5 Å². The molecule has 0 unspecified atom stereocenters. The minimum Gasteiger partial charge on any atom is -0.472 e. The normalized spacial score (nSPS) is 12.0. The van der Waals surface area contributed by atoms with Crippen LogP contribution in [0.3, 0.4) is 0 Å². The predicted octanol–water partition coefficient (Wildman–Crippen LogP) is 1.64. The molecule has 54 valence electrons. The molecular weight excluding hydrogens is 126 g/mol. The Balaban J connectivity index is 2.71. The summed E-state index contributed by atoms with van der Waals surface area (Å²) >= 11 is 0. The summed E-state index contributed by atoms with van der Waals surface area (Å²) in [5.41, 5.74) is 7.62. The molecule has 0 amide bonds. The molecule has 10 heavy (non-hydrogen) atoms. The van der Waals surface area contributed by atoms with Crippen LogP contribution in [0.1, 0.15) is 12.5 Å². The number of hydrogen-bond acceptors (Lipinski definition) is 2. The number of furan rings is 1. The van der Waals surface area contributed by atoms with Crippen LogP contribution >= 0.6 is 0 Å². The second kappa shape index (κ2) is 3.22. The van der Waals surface area contributed by atoms with Crippen molar-refractivity contribution in [1.82, 2.24) is 0 Å². The lowest BCUT2D eigenvalue weighted by Crippen LogP contribution is -1.98. The molecule has 0 fully saturated rings. The molecule has 2 nitrogen and oxygen atoms in total. The Kier molecular flexibility index (Phi) is 2.29. The molecule has 0 aliphatic heterocycles. The van der Waals surface area contributed by atoms with Gasteiger partial charge < -0.3 is 10.2 Å². The summed E-state index contributed by atoms with van der Waals surface area (Å²) in [7, 11) is 0. The maximum absolute atomic E-state index is 5.39. The van der Waals surface area contributed by atoms with Crippen molar-refractivity contribution in [1.29, 1.82) is 0 Å². The molecule has 0 atom stereocenters. The zero-order chi connectivity index (χ0) is 7.40. The number of rotatable bonds is 2. The number of hydrogen-bond donors (Lipinski definition) is 1. The monoisotopic (exact) mass is 137 g/mol. The van der Waals surface area contributed by atoms with E-state index in [0.29, 0.717) is 6.54 Å². The lowest BCUT2D eigenvalue weighted by molar-refractivity contribution is 0.567. The quantitative estimate of drug-likeness (QED) is 0.673. The lowest BCUT2D eigenvalue weighted by Gasteiger charge is -1.90. The average molecular weight is 137 g/mol. The molecule has 0 aromatic carbocycles. The van der Waals surface area contributed by atoms with E-state index in [1.165, 1.54) is 0 Å². The van der Waals surface area contributed by atoms with Crippen LogP contribution in [0.5, 0.6) is 0 Å². The molecule has 0 saturated carbocycles. The largest absolute Gasteiger partial charge is 0.472 e. The molecule has 1 heterocycles. The predicted molar refractivity (Wildman–Crippen MR) is 41.4 cm³/mol. The van der Waals surface area contributed by atoms with E-state index in [1.54, 1.807) is 12.5 Å². The minimum atomic E-state index is 0.602. The minimum absolute atomic E-state index is 0.602. The highest BCUT2D eigenvalue weighted by molar-refractivity contribution is 5.50. The van der Waals surface area contributed by atoms with Gasteiger partial charge in [0.25, 0.3) is 0 Å². The maximum atomic E-state index is 5.39. The van der Waals surface area contributed by atoms with Crippen LogP contribution in [0.2, 0.25) is 0 Å². The van der Waals surface area contributed by atoms with Crippen LogP contribution in [0.15, 0.2) is 28.6 Å². The molecule has 1 aromatic heterocycles. The molecule has 0 saturated heterocycles. The van der Waals surface area contributed by atoms with E-state index in [9.17, 15) is 0 Å². The van der Waals surface area contributed by atoms with Gasteiger partial charge in [0.1, 0.15) is 0 Å². The van der Waals surface area contributed by atoms with Crippen LogP contribution in [0.4, 0.5) is 0 Å². The zero-order valence-corrected chi connectivity index (χ0v) is 6.00. The Hall–Kier alpha value is -1.02. The lowest BCUT2D eigenvalue weighted by atomic mass is 10.2. The molecule has 2 N–H and O–H groups in total. The highest BCUT2D eigenvalue weighted by Crippen LogP contribution is 2.05. The van der Waals surface area contributed by atoms with Crippen molar-refractivity contribution in [2.75, 3.05) is 6.54 Å². The van der Waals surface area contributed by atoms with Crippen molar-refractivity contribution < 1.29 is 4.42 Å². The molecule has 0 aliphatic rings. The third kappa shape index (κ3) is 1.74. The topological polar surface area (TPSA) is 39.2 Å². The molecular formula is C8H11NO. The fraction of sp³-hybridized carbons (Fsp3) is 0.250. The molecule has 0 bridgehead atoms. The summed E-state index contributed by atoms with van der Waals surface area (Å²) < 4.78 is 4.87. The van der Waals surface area contributed by atoms with Gasteiger partial charge in [0.2, 0.25) is 0 Å².